The number of hydrogen-bond donors (Lipinski definition) is 0. The summed E-state index contributed by atoms with van der Waals surface area (Å²) in [6, 6.07) is 5.21. The third-order valence-corrected chi connectivity index (χ3v) is 3.50. The Balaban J connectivity index is 2.01. The van der Waals surface area contributed by atoms with E-state index >= 15 is 0 Å². The minimum absolute atomic E-state index is 0.0668. The SMILES string of the molecule is CC1CCC(Oc2cccc([B-](F)(F)F)c2)CC1. The highest BCUT2D eigenvalue weighted by Crippen LogP contribution is 2.27. The monoisotopic (exact) mass is 257 g/mol. The van der Waals surface area contributed by atoms with E-state index in [4.69, 9.17) is 4.74 Å². The fourth-order valence-corrected chi connectivity index (χ4v) is 2.33. The standard InChI is InChI=1S/C13H17BF3O/c1-10-5-7-12(8-6-10)18-13-4-2-3-11(9-13)14(15,16)17/h2-4,9-10,12H,5-8H2,1H3/q-1. The molecule has 0 radical (unpaired) electrons. The second kappa shape index (κ2) is 5.25. The van der Waals surface area contributed by atoms with E-state index in [9.17, 15) is 12.9 Å². The molecule has 0 amide bonds. The van der Waals surface area contributed by atoms with Crippen LogP contribution in [0.15, 0.2) is 24.3 Å². The van der Waals surface area contributed by atoms with Gasteiger partial charge >= 0.3 is 6.98 Å². The van der Waals surface area contributed by atoms with Crippen molar-refractivity contribution in [3.8, 4) is 5.75 Å². The molecule has 0 bridgehead atoms. The van der Waals surface area contributed by atoms with Gasteiger partial charge in [0.25, 0.3) is 0 Å². The third kappa shape index (κ3) is 3.43. The fraction of sp³-hybridized carbons (Fsp3) is 0.538. The maximum absolute atomic E-state index is 12.6. The van der Waals surface area contributed by atoms with Crippen LogP contribution in [0.25, 0.3) is 0 Å². The van der Waals surface area contributed by atoms with Crippen molar-refractivity contribution in [1.82, 2.24) is 0 Å². The molecule has 0 spiro atoms. The van der Waals surface area contributed by atoms with Crippen LogP contribution in [0.4, 0.5) is 12.9 Å². The quantitative estimate of drug-likeness (QED) is 0.750. The van der Waals surface area contributed by atoms with Gasteiger partial charge in [0.05, 0.1) is 6.10 Å². The van der Waals surface area contributed by atoms with Crippen molar-refractivity contribution in [2.45, 2.75) is 38.7 Å². The smallest absolute Gasteiger partial charge is 0.491 e. The van der Waals surface area contributed by atoms with Crippen LogP contribution in [0.2, 0.25) is 0 Å². The van der Waals surface area contributed by atoms with Crippen molar-refractivity contribution in [3.63, 3.8) is 0 Å². The summed E-state index contributed by atoms with van der Waals surface area (Å²) in [5.74, 6) is 1.04. The fourth-order valence-electron chi connectivity index (χ4n) is 2.33. The van der Waals surface area contributed by atoms with Crippen LogP contribution in [0.1, 0.15) is 32.6 Å². The average molecular weight is 257 g/mol. The second-order valence-corrected chi connectivity index (χ2v) is 5.15. The lowest BCUT2D eigenvalue weighted by Gasteiger charge is -2.27. The summed E-state index contributed by atoms with van der Waals surface area (Å²) in [5, 5.41) is 0. The Morgan fingerprint density at radius 2 is 1.78 bits per heavy atom. The first-order chi connectivity index (χ1) is 8.45. The topological polar surface area (TPSA) is 9.23 Å². The molecule has 1 saturated carbocycles. The first-order valence-corrected chi connectivity index (χ1v) is 6.41. The van der Waals surface area contributed by atoms with Crippen molar-refractivity contribution in [2.24, 2.45) is 5.92 Å². The van der Waals surface area contributed by atoms with E-state index in [1.165, 1.54) is 6.07 Å². The number of benzene rings is 1. The van der Waals surface area contributed by atoms with Gasteiger partial charge in [-0.2, -0.15) is 0 Å². The molecule has 0 aliphatic heterocycles. The predicted octanol–water partition coefficient (Wildman–Crippen LogP) is 3.70. The maximum atomic E-state index is 12.6. The van der Waals surface area contributed by atoms with Crippen LogP contribution in [0.5, 0.6) is 5.75 Å². The normalized spacial score (nSPS) is 24.9. The molecule has 0 heterocycles. The second-order valence-electron chi connectivity index (χ2n) is 5.15. The summed E-state index contributed by atoms with van der Waals surface area (Å²) < 4.78 is 43.5. The molecule has 0 atom stereocenters. The molecule has 0 saturated heterocycles. The van der Waals surface area contributed by atoms with Gasteiger partial charge in [0, 0.05) is 0 Å². The zero-order valence-corrected chi connectivity index (χ0v) is 10.4. The Bertz CT molecular complexity index is 397. The van der Waals surface area contributed by atoms with Gasteiger partial charge in [0.1, 0.15) is 5.75 Å². The highest BCUT2D eigenvalue weighted by molar-refractivity contribution is 6.73. The molecule has 100 valence electrons. The molecule has 1 nitrogen and oxygen atoms in total. The number of hydrogen-bond acceptors (Lipinski definition) is 1. The Morgan fingerprint density at radius 1 is 1.11 bits per heavy atom. The number of rotatable bonds is 3. The largest absolute Gasteiger partial charge is 0.509 e. The lowest BCUT2D eigenvalue weighted by atomic mass is 9.80. The number of halogens is 3. The van der Waals surface area contributed by atoms with Crippen LogP contribution >= 0.6 is 0 Å². The minimum Gasteiger partial charge on any atom is -0.491 e. The lowest BCUT2D eigenvalue weighted by molar-refractivity contribution is 0.135. The molecular formula is C13H17BF3O-. The summed E-state index contributed by atoms with van der Waals surface area (Å²) in [5.41, 5.74) is -0.586. The van der Waals surface area contributed by atoms with E-state index in [-0.39, 0.29) is 6.10 Å². The summed E-state index contributed by atoms with van der Waals surface area (Å²) in [7, 11) is 0. The zero-order valence-electron chi connectivity index (χ0n) is 10.4. The van der Waals surface area contributed by atoms with Gasteiger partial charge < -0.3 is 17.7 Å². The third-order valence-electron chi connectivity index (χ3n) is 3.50. The van der Waals surface area contributed by atoms with E-state index in [1.807, 2.05) is 0 Å². The Kier molecular flexibility index (Phi) is 3.88. The molecule has 18 heavy (non-hydrogen) atoms. The van der Waals surface area contributed by atoms with Crippen molar-refractivity contribution in [3.05, 3.63) is 24.3 Å². The maximum Gasteiger partial charge on any atom is 0.509 e. The molecule has 1 aliphatic rings. The molecule has 1 fully saturated rings. The number of ether oxygens (including phenoxy) is 1. The summed E-state index contributed by atoms with van der Waals surface area (Å²) in [4.78, 5) is 0. The molecule has 5 heteroatoms. The molecular weight excluding hydrogens is 240 g/mol. The van der Waals surface area contributed by atoms with Gasteiger partial charge in [-0.25, -0.2) is 0 Å². The summed E-state index contributed by atoms with van der Waals surface area (Å²) >= 11 is 0. The van der Waals surface area contributed by atoms with Gasteiger partial charge in [0.15, 0.2) is 0 Å². The molecule has 1 aromatic carbocycles. The van der Waals surface area contributed by atoms with Crippen LogP contribution in [-0.4, -0.2) is 13.1 Å². The van der Waals surface area contributed by atoms with Gasteiger partial charge in [-0.05, 0) is 43.7 Å². The van der Waals surface area contributed by atoms with Crippen molar-refractivity contribution in [1.29, 1.82) is 0 Å². The zero-order chi connectivity index (χ0) is 13.2. The molecule has 0 aromatic heterocycles. The van der Waals surface area contributed by atoms with Crippen molar-refractivity contribution >= 4 is 12.4 Å². The van der Waals surface area contributed by atoms with Crippen molar-refractivity contribution in [2.75, 3.05) is 0 Å². The molecule has 1 aliphatic carbocycles. The van der Waals surface area contributed by atoms with Crippen molar-refractivity contribution < 1.29 is 17.7 Å². The van der Waals surface area contributed by atoms with Gasteiger partial charge in [-0.1, -0.05) is 19.1 Å². The molecule has 1 aromatic rings. The first kappa shape index (κ1) is 13.3. The van der Waals surface area contributed by atoms with Crippen LogP contribution < -0.4 is 10.2 Å². The Labute approximate surface area is 105 Å². The molecule has 2 rings (SSSR count). The minimum atomic E-state index is -4.94. The molecule has 0 N–H and O–H groups in total. The van der Waals surface area contributed by atoms with Crippen LogP contribution in [0.3, 0.4) is 0 Å². The highest BCUT2D eigenvalue weighted by Gasteiger charge is 2.26. The van der Waals surface area contributed by atoms with E-state index in [0.29, 0.717) is 11.7 Å². The van der Waals surface area contributed by atoms with Crippen LogP contribution in [-0.2, 0) is 0 Å². The summed E-state index contributed by atoms with van der Waals surface area (Å²) in [6.45, 7) is -2.75. The van der Waals surface area contributed by atoms with E-state index < -0.39 is 12.4 Å². The lowest BCUT2D eigenvalue weighted by Crippen LogP contribution is -2.34. The average Bonchev–Trinajstić information content (AvgIpc) is 2.31. The van der Waals surface area contributed by atoms with E-state index in [1.54, 1.807) is 6.07 Å². The Morgan fingerprint density at radius 3 is 2.39 bits per heavy atom. The van der Waals surface area contributed by atoms with E-state index in [2.05, 4.69) is 6.92 Å². The molecule has 0 unspecified atom stereocenters. The van der Waals surface area contributed by atoms with Gasteiger partial charge in [-0.15, -0.1) is 5.46 Å². The van der Waals surface area contributed by atoms with Gasteiger partial charge in [0.2, 0.25) is 0 Å². The Hall–Kier alpha value is -1.13. The summed E-state index contributed by atoms with van der Waals surface area (Å²) in [6.07, 6.45) is 4.11. The van der Waals surface area contributed by atoms with E-state index in [0.717, 1.165) is 37.8 Å². The van der Waals surface area contributed by atoms with Gasteiger partial charge in [-0.3, -0.25) is 0 Å². The highest BCUT2D eigenvalue weighted by atomic mass is 19.4. The first-order valence-electron chi connectivity index (χ1n) is 6.41. The van der Waals surface area contributed by atoms with Crippen LogP contribution in [0, 0.1) is 5.92 Å². The predicted molar refractivity (Wildman–Crippen MR) is 67.2 cm³/mol.